The summed E-state index contributed by atoms with van der Waals surface area (Å²) in [6.07, 6.45) is 0.116. The van der Waals surface area contributed by atoms with Gasteiger partial charge in [0.2, 0.25) is 18.6 Å². The summed E-state index contributed by atoms with van der Waals surface area (Å²) < 4.78 is 10.5. The molecule has 1 N–H and O–H groups in total. The molecule has 0 saturated carbocycles. The van der Waals surface area contributed by atoms with Crippen LogP contribution in [0.3, 0.4) is 0 Å². The van der Waals surface area contributed by atoms with Gasteiger partial charge in [0, 0.05) is 37.3 Å². The van der Waals surface area contributed by atoms with Crippen LogP contribution in [0.2, 0.25) is 0 Å². The van der Waals surface area contributed by atoms with Crippen LogP contribution in [-0.4, -0.2) is 25.2 Å². The minimum absolute atomic E-state index is 0.116. The lowest BCUT2D eigenvalue weighted by Crippen LogP contribution is -2.32. The first-order chi connectivity index (χ1) is 12.6. The molecular weight excluding hydrogens is 334 g/mol. The topological polar surface area (TPSA) is 91.7 Å². The van der Waals surface area contributed by atoms with E-state index in [9.17, 15) is 9.59 Å². The van der Waals surface area contributed by atoms with Crippen LogP contribution in [0.5, 0.6) is 11.5 Å². The molecule has 2 amide bonds. The summed E-state index contributed by atoms with van der Waals surface area (Å²) in [5, 5.41) is 11.8. The Hall–Kier alpha value is -3.53. The van der Waals surface area contributed by atoms with Crippen LogP contribution in [0, 0.1) is 11.3 Å². The molecule has 132 valence electrons. The molecule has 3 rings (SSSR count). The van der Waals surface area contributed by atoms with Crippen LogP contribution in [0.1, 0.15) is 18.9 Å². The van der Waals surface area contributed by atoms with E-state index in [1.165, 1.54) is 11.8 Å². The first kappa shape index (κ1) is 17.3. The number of benzene rings is 2. The Labute approximate surface area is 150 Å². The Balaban J connectivity index is 1.63. The van der Waals surface area contributed by atoms with Crippen molar-refractivity contribution in [2.24, 2.45) is 0 Å². The molecule has 0 atom stereocenters. The second-order valence-electron chi connectivity index (χ2n) is 5.70. The molecule has 7 heteroatoms. The lowest BCUT2D eigenvalue weighted by Gasteiger charge is -2.21. The number of amides is 2. The van der Waals surface area contributed by atoms with Gasteiger partial charge in [0.15, 0.2) is 11.5 Å². The number of fused-ring (bicyclic) bond motifs is 1. The first-order valence-corrected chi connectivity index (χ1v) is 8.04. The summed E-state index contributed by atoms with van der Waals surface area (Å²) in [4.78, 5) is 25.6. The van der Waals surface area contributed by atoms with E-state index < -0.39 is 0 Å². The molecular formula is C19H17N3O4. The Bertz CT molecular complexity index is 889. The van der Waals surface area contributed by atoms with Crippen molar-refractivity contribution >= 4 is 23.2 Å². The van der Waals surface area contributed by atoms with Gasteiger partial charge < -0.3 is 19.7 Å². The maximum absolute atomic E-state index is 12.2. The number of carbonyl (C=O) groups excluding carboxylic acids is 2. The maximum atomic E-state index is 12.2. The van der Waals surface area contributed by atoms with Gasteiger partial charge in [0.05, 0.1) is 11.6 Å². The number of anilines is 2. The van der Waals surface area contributed by atoms with Gasteiger partial charge in [0.1, 0.15) is 0 Å². The molecule has 0 spiro atoms. The molecule has 1 aliphatic heterocycles. The van der Waals surface area contributed by atoms with Crippen LogP contribution >= 0.6 is 0 Å². The van der Waals surface area contributed by atoms with Gasteiger partial charge in [-0.15, -0.1) is 0 Å². The fraction of sp³-hybridized carbons (Fsp3) is 0.211. The zero-order chi connectivity index (χ0) is 18.5. The van der Waals surface area contributed by atoms with Crippen LogP contribution in [0.15, 0.2) is 42.5 Å². The average Bonchev–Trinajstić information content (AvgIpc) is 3.09. The van der Waals surface area contributed by atoms with Gasteiger partial charge in [-0.05, 0) is 30.3 Å². The van der Waals surface area contributed by atoms with Crippen molar-refractivity contribution in [2.45, 2.75) is 13.3 Å². The van der Waals surface area contributed by atoms with Crippen LogP contribution < -0.4 is 19.7 Å². The number of carbonyl (C=O) groups is 2. The molecule has 0 saturated heterocycles. The van der Waals surface area contributed by atoms with Gasteiger partial charge in [-0.2, -0.15) is 5.26 Å². The second-order valence-corrected chi connectivity index (χ2v) is 5.70. The summed E-state index contributed by atoms with van der Waals surface area (Å²) in [5.41, 5.74) is 1.64. The van der Waals surface area contributed by atoms with Gasteiger partial charge >= 0.3 is 0 Å². The van der Waals surface area contributed by atoms with Crippen LogP contribution in [-0.2, 0) is 9.59 Å². The van der Waals surface area contributed by atoms with Gasteiger partial charge in [-0.3, -0.25) is 9.59 Å². The first-order valence-electron chi connectivity index (χ1n) is 8.04. The summed E-state index contributed by atoms with van der Waals surface area (Å²) in [5.74, 6) is 0.798. The van der Waals surface area contributed by atoms with Crippen LogP contribution in [0.4, 0.5) is 11.4 Å². The number of hydrogen-bond acceptors (Lipinski definition) is 5. The van der Waals surface area contributed by atoms with Crippen molar-refractivity contribution in [1.82, 2.24) is 0 Å². The number of rotatable bonds is 5. The van der Waals surface area contributed by atoms with E-state index in [4.69, 9.17) is 14.7 Å². The molecule has 0 bridgehead atoms. The van der Waals surface area contributed by atoms with Crippen molar-refractivity contribution in [3.8, 4) is 17.6 Å². The summed E-state index contributed by atoms with van der Waals surface area (Å²) in [7, 11) is 0. The van der Waals surface area contributed by atoms with Crippen molar-refractivity contribution in [1.29, 1.82) is 5.26 Å². The smallest absolute Gasteiger partial charge is 0.231 e. The summed E-state index contributed by atoms with van der Waals surface area (Å²) >= 11 is 0. The van der Waals surface area contributed by atoms with E-state index in [1.54, 1.807) is 42.5 Å². The Morgan fingerprint density at radius 1 is 1.19 bits per heavy atom. The molecule has 0 fully saturated rings. The molecule has 0 aliphatic carbocycles. The fourth-order valence-electron chi connectivity index (χ4n) is 2.62. The lowest BCUT2D eigenvalue weighted by molar-refractivity contribution is -0.117. The predicted octanol–water partition coefficient (Wildman–Crippen LogP) is 2.67. The van der Waals surface area contributed by atoms with Gasteiger partial charge in [0.25, 0.3) is 0 Å². The molecule has 1 heterocycles. The number of hydrogen-bond donors (Lipinski definition) is 1. The highest BCUT2D eigenvalue weighted by Gasteiger charge is 2.16. The van der Waals surface area contributed by atoms with E-state index in [0.717, 1.165) is 0 Å². The molecule has 2 aromatic carbocycles. The molecule has 1 aliphatic rings. The molecule has 0 unspecified atom stereocenters. The average molecular weight is 351 g/mol. The quantitative estimate of drug-likeness (QED) is 0.894. The third-order valence-corrected chi connectivity index (χ3v) is 3.89. The highest BCUT2D eigenvalue weighted by molar-refractivity contribution is 5.95. The third-order valence-electron chi connectivity index (χ3n) is 3.89. The van der Waals surface area contributed by atoms with Crippen molar-refractivity contribution in [3.05, 3.63) is 48.0 Å². The summed E-state index contributed by atoms with van der Waals surface area (Å²) in [6.45, 7) is 1.80. The normalized spacial score (nSPS) is 11.5. The van der Waals surface area contributed by atoms with Crippen molar-refractivity contribution < 1.29 is 19.1 Å². The molecule has 2 aromatic rings. The molecule has 0 aromatic heterocycles. The van der Waals surface area contributed by atoms with Crippen molar-refractivity contribution in [3.63, 3.8) is 0 Å². The minimum atomic E-state index is -0.230. The highest BCUT2D eigenvalue weighted by Crippen LogP contribution is 2.34. The van der Waals surface area contributed by atoms with E-state index in [2.05, 4.69) is 5.32 Å². The highest BCUT2D eigenvalue weighted by atomic mass is 16.7. The van der Waals surface area contributed by atoms with Crippen molar-refractivity contribution in [2.75, 3.05) is 23.6 Å². The number of nitrogens with one attached hydrogen (secondary N) is 1. The maximum Gasteiger partial charge on any atom is 0.231 e. The minimum Gasteiger partial charge on any atom is -0.454 e. The largest absolute Gasteiger partial charge is 0.454 e. The molecule has 26 heavy (non-hydrogen) atoms. The van der Waals surface area contributed by atoms with Gasteiger partial charge in [-0.25, -0.2) is 0 Å². The summed E-state index contributed by atoms with van der Waals surface area (Å²) in [6, 6.07) is 13.9. The van der Waals surface area contributed by atoms with Gasteiger partial charge in [-0.1, -0.05) is 6.07 Å². The predicted molar refractivity (Wildman–Crippen MR) is 95.0 cm³/mol. The van der Waals surface area contributed by atoms with E-state index in [1.807, 2.05) is 6.07 Å². The zero-order valence-corrected chi connectivity index (χ0v) is 14.2. The van der Waals surface area contributed by atoms with E-state index in [0.29, 0.717) is 28.4 Å². The zero-order valence-electron chi connectivity index (χ0n) is 14.2. The fourth-order valence-corrected chi connectivity index (χ4v) is 2.62. The SMILES string of the molecule is CC(=O)N(CCC(=O)Nc1ccc2c(c1)OCO2)c1cccc(C#N)c1. The number of ether oxygens (including phenoxy) is 2. The van der Waals surface area contributed by atoms with E-state index in [-0.39, 0.29) is 31.6 Å². The second kappa shape index (κ2) is 7.57. The molecule has 0 radical (unpaired) electrons. The Morgan fingerprint density at radius 3 is 2.77 bits per heavy atom. The lowest BCUT2D eigenvalue weighted by atomic mass is 10.2. The Kier molecular flexibility index (Phi) is 5.04. The van der Waals surface area contributed by atoms with E-state index >= 15 is 0 Å². The standard InChI is InChI=1S/C19H17N3O4/c1-13(23)22(16-4-2-3-14(9-16)11-20)8-7-19(24)21-15-5-6-17-18(10-15)26-12-25-17/h2-6,9-10H,7-8,12H2,1H3,(H,21,24). The number of nitrogens with zero attached hydrogens (tertiary/aromatic N) is 2. The Morgan fingerprint density at radius 2 is 2.00 bits per heavy atom. The third kappa shape index (κ3) is 3.92. The number of nitriles is 1. The monoisotopic (exact) mass is 351 g/mol. The molecule has 7 nitrogen and oxygen atoms in total. The van der Waals surface area contributed by atoms with Crippen LogP contribution in [0.25, 0.3) is 0 Å².